The first-order valence-electron chi connectivity index (χ1n) is 10.7. The van der Waals surface area contributed by atoms with Crippen LogP contribution in [-0.2, 0) is 18.3 Å². The molecule has 1 saturated heterocycles. The van der Waals surface area contributed by atoms with Crippen molar-refractivity contribution in [1.29, 1.82) is 0 Å². The molecule has 1 aliphatic heterocycles. The molecule has 158 valence electrons. The van der Waals surface area contributed by atoms with E-state index in [1.807, 2.05) is 25.5 Å². The molecule has 0 N–H and O–H groups in total. The van der Waals surface area contributed by atoms with Gasteiger partial charge in [-0.1, -0.05) is 26.0 Å². The number of pyridine rings is 1. The highest BCUT2D eigenvalue weighted by atomic mass is 16.5. The maximum Gasteiger partial charge on any atom is 0.178 e. The number of Topliss-reactive ketones (excluding diaryl/α,β-unsaturated/α-hetero) is 1. The Kier molecular flexibility index (Phi) is 5.97. The number of ketones is 1. The number of hydrogen-bond acceptors (Lipinski definition) is 5. The molecular formula is C24H30N4O2. The second-order valence-electron chi connectivity index (χ2n) is 8.69. The lowest BCUT2D eigenvalue weighted by atomic mass is 9.99. The summed E-state index contributed by atoms with van der Waals surface area (Å²) in [7, 11) is 1.90. The van der Waals surface area contributed by atoms with Crippen LogP contribution >= 0.6 is 0 Å². The van der Waals surface area contributed by atoms with Gasteiger partial charge in [-0.25, -0.2) is 4.98 Å². The molecule has 3 aromatic rings. The fraction of sp³-hybridized carbons (Fsp3) is 0.458. The van der Waals surface area contributed by atoms with Gasteiger partial charge in [0.2, 0.25) is 0 Å². The van der Waals surface area contributed by atoms with E-state index < -0.39 is 0 Å². The number of carbonyl (C=O) groups is 1. The van der Waals surface area contributed by atoms with Crippen molar-refractivity contribution >= 4 is 16.7 Å². The molecule has 2 aromatic heterocycles. The normalized spacial score (nSPS) is 17.7. The van der Waals surface area contributed by atoms with Crippen molar-refractivity contribution in [1.82, 2.24) is 19.7 Å². The number of nitrogens with zero attached hydrogens (tertiary/aromatic N) is 4. The molecule has 4 rings (SSSR count). The predicted octanol–water partition coefficient (Wildman–Crippen LogP) is 4.08. The van der Waals surface area contributed by atoms with Gasteiger partial charge < -0.3 is 4.74 Å². The number of aryl methyl sites for hydroxylation is 1. The van der Waals surface area contributed by atoms with Crippen molar-refractivity contribution in [2.24, 2.45) is 13.0 Å². The molecule has 3 heterocycles. The summed E-state index contributed by atoms with van der Waals surface area (Å²) < 4.78 is 7.51. The van der Waals surface area contributed by atoms with Crippen LogP contribution in [0, 0.1) is 5.92 Å². The molecule has 1 unspecified atom stereocenters. The highest BCUT2D eigenvalue weighted by molar-refractivity contribution is 6.01. The van der Waals surface area contributed by atoms with E-state index in [1.165, 1.54) is 5.56 Å². The third kappa shape index (κ3) is 4.45. The standard InChI is InChI=1S/C24H30N4O2/c1-16(2)9-20-15-30-8-7-28(20)13-18-5-6-21-22(19-12-25-27(4)14-19)11-23(17(3)29)26-24(21)10-18/h5-6,10-12,14,16,20H,7-9,13,15H2,1-4H3. The Morgan fingerprint density at radius 2 is 2.13 bits per heavy atom. The molecule has 6 nitrogen and oxygen atoms in total. The topological polar surface area (TPSA) is 60.2 Å². The quantitative estimate of drug-likeness (QED) is 0.577. The van der Waals surface area contributed by atoms with Crippen LogP contribution in [0.25, 0.3) is 22.0 Å². The first-order valence-corrected chi connectivity index (χ1v) is 10.7. The highest BCUT2D eigenvalue weighted by Gasteiger charge is 2.24. The van der Waals surface area contributed by atoms with Crippen molar-refractivity contribution in [3.05, 3.63) is 47.9 Å². The molecule has 1 aliphatic rings. The summed E-state index contributed by atoms with van der Waals surface area (Å²) in [6.07, 6.45) is 4.93. The van der Waals surface area contributed by atoms with Crippen molar-refractivity contribution < 1.29 is 9.53 Å². The Hall–Kier alpha value is -2.57. The van der Waals surface area contributed by atoms with Crippen molar-refractivity contribution in [2.45, 2.75) is 39.8 Å². The van der Waals surface area contributed by atoms with E-state index in [9.17, 15) is 4.79 Å². The molecule has 0 amide bonds. The molecule has 0 radical (unpaired) electrons. The third-order valence-electron chi connectivity index (χ3n) is 5.73. The lowest BCUT2D eigenvalue weighted by molar-refractivity contribution is -0.0186. The number of ether oxygens (including phenoxy) is 1. The van der Waals surface area contributed by atoms with E-state index in [-0.39, 0.29) is 5.78 Å². The minimum atomic E-state index is -0.0300. The SMILES string of the molecule is CC(=O)c1cc(-c2cnn(C)c2)c2ccc(CN3CCOCC3CC(C)C)cc2n1. The summed E-state index contributed by atoms with van der Waals surface area (Å²) in [5, 5.41) is 5.33. The predicted molar refractivity (Wildman–Crippen MR) is 118 cm³/mol. The molecule has 0 aliphatic carbocycles. The summed E-state index contributed by atoms with van der Waals surface area (Å²) in [5.41, 5.74) is 4.54. The summed E-state index contributed by atoms with van der Waals surface area (Å²) in [6.45, 7) is 9.47. The van der Waals surface area contributed by atoms with E-state index in [2.05, 4.69) is 47.0 Å². The number of benzene rings is 1. The molecule has 1 fully saturated rings. The minimum absolute atomic E-state index is 0.0300. The monoisotopic (exact) mass is 406 g/mol. The fourth-order valence-corrected chi connectivity index (χ4v) is 4.24. The molecule has 0 bridgehead atoms. The van der Waals surface area contributed by atoms with Gasteiger partial charge >= 0.3 is 0 Å². The Labute approximate surface area is 177 Å². The smallest absolute Gasteiger partial charge is 0.178 e. The third-order valence-corrected chi connectivity index (χ3v) is 5.73. The van der Waals surface area contributed by atoms with Gasteiger partial charge in [-0.2, -0.15) is 5.10 Å². The Morgan fingerprint density at radius 3 is 2.83 bits per heavy atom. The molecule has 1 atom stereocenters. The van der Waals surface area contributed by atoms with Crippen LogP contribution in [-0.4, -0.2) is 51.2 Å². The lowest BCUT2D eigenvalue weighted by Crippen LogP contribution is -2.45. The molecule has 1 aromatic carbocycles. The van der Waals surface area contributed by atoms with Gasteiger partial charge in [0.15, 0.2) is 5.78 Å². The van der Waals surface area contributed by atoms with E-state index in [1.54, 1.807) is 11.6 Å². The van der Waals surface area contributed by atoms with E-state index >= 15 is 0 Å². The van der Waals surface area contributed by atoms with Crippen LogP contribution in [0.5, 0.6) is 0 Å². The van der Waals surface area contributed by atoms with Crippen molar-refractivity contribution in [2.75, 3.05) is 19.8 Å². The van der Waals surface area contributed by atoms with Crippen LogP contribution < -0.4 is 0 Å². The summed E-state index contributed by atoms with van der Waals surface area (Å²) in [4.78, 5) is 19.3. The zero-order valence-corrected chi connectivity index (χ0v) is 18.3. The summed E-state index contributed by atoms with van der Waals surface area (Å²) >= 11 is 0. The second kappa shape index (κ2) is 8.66. The minimum Gasteiger partial charge on any atom is -0.378 e. The first kappa shape index (κ1) is 20.7. The zero-order chi connectivity index (χ0) is 21.3. The molecule has 6 heteroatoms. The first-order chi connectivity index (χ1) is 14.4. The van der Waals surface area contributed by atoms with Gasteiger partial charge in [0.25, 0.3) is 0 Å². The summed E-state index contributed by atoms with van der Waals surface area (Å²) in [5.74, 6) is 0.607. The van der Waals surface area contributed by atoms with Gasteiger partial charge in [-0.3, -0.25) is 14.4 Å². The molecule has 30 heavy (non-hydrogen) atoms. The lowest BCUT2D eigenvalue weighted by Gasteiger charge is -2.36. The number of fused-ring (bicyclic) bond motifs is 1. The van der Waals surface area contributed by atoms with Crippen LogP contribution in [0.15, 0.2) is 36.7 Å². The maximum absolute atomic E-state index is 12.1. The van der Waals surface area contributed by atoms with Gasteiger partial charge in [0, 0.05) is 50.2 Å². The highest BCUT2D eigenvalue weighted by Crippen LogP contribution is 2.30. The van der Waals surface area contributed by atoms with Gasteiger partial charge in [0.1, 0.15) is 5.69 Å². The second-order valence-corrected chi connectivity index (χ2v) is 8.69. The largest absolute Gasteiger partial charge is 0.378 e. The Balaban J connectivity index is 1.70. The van der Waals surface area contributed by atoms with Crippen molar-refractivity contribution in [3.63, 3.8) is 0 Å². The van der Waals surface area contributed by atoms with Gasteiger partial charge in [0.05, 0.1) is 24.9 Å². The van der Waals surface area contributed by atoms with Gasteiger partial charge in [-0.15, -0.1) is 0 Å². The maximum atomic E-state index is 12.1. The van der Waals surface area contributed by atoms with E-state index in [0.717, 1.165) is 54.8 Å². The number of hydrogen-bond donors (Lipinski definition) is 0. The molecule has 0 saturated carbocycles. The van der Waals surface area contributed by atoms with Crippen molar-refractivity contribution in [3.8, 4) is 11.1 Å². The average molecular weight is 407 g/mol. The average Bonchev–Trinajstić information content (AvgIpc) is 3.14. The summed E-state index contributed by atoms with van der Waals surface area (Å²) in [6, 6.07) is 8.75. The van der Waals surface area contributed by atoms with Crippen LogP contribution in [0.1, 0.15) is 43.2 Å². The van der Waals surface area contributed by atoms with E-state index in [4.69, 9.17) is 4.74 Å². The van der Waals surface area contributed by atoms with E-state index in [0.29, 0.717) is 17.7 Å². The van der Waals surface area contributed by atoms with Crippen LogP contribution in [0.2, 0.25) is 0 Å². The number of aromatic nitrogens is 3. The fourth-order valence-electron chi connectivity index (χ4n) is 4.24. The number of morpholine rings is 1. The zero-order valence-electron chi connectivity index (χ0n) is 18.3. The van der Waals surface area contributed by atoms with Crippen LogP contribution in [0.3, 0.4) is 0 Å². The Morgan fingerprint density at radius 1 is 1.30 bits per heavy atom. The Bertz CT molecular complexity index is 1060. The molecule has 0 spiro atoms. The number of carbonyl (C=O) groups excluding carboxylic acids is 1. The number of rotatable bonds is 6. The van der Waals surface area contributed by atoms with Crippen LogP contribution in [0.4, 0.5) is 0 Å². The van der Waals surface area contributed by atoms with Gasteiger partial charge in [-0.05, 0) is 35.6 Å². The molecular weight excluding hydrogens is 376 g/mol.